The molecule has 0 heterocycles. The summed E-state index contributed by atoms with van der Waals surface area (Å²) in [6.07, 6.45) is 0. The van der Waals surface area contributed by atoms with Crippen LogP contribution >= 0.6 is 11.6 Å². The van der Waals surface area contributed by atoms with Crippen LogP contribution in [0.15, 0.2) is 36.4 Å². The van der Waals surface area contributed by atoms with Crippen LogP contribution in [0.3, 0.4) is 0 Å². The lowest BCUT2D eigenvalue weighted by Gasteiger charge is -2.13. The van der Waals surface area contributed by atoms with Crippen LogP contribution in [-0.2, 0) is 6.54 Å². The Morgan fingerprint density at radius 1 is 1.29 bits per heavy atom. The van der Waals surface area contributed by atoms with Crippen molar-refractivity contribution in [3.8, 4) is 5.75 Å². The van der Waals surface area contributed by atoms with Gasteiger partial charge in [0.25, 0.3) is 5.91 Å². The number of nitrogens with one attached hydrogen (secondary N) is 1. The Hall–Kier alpha value is -2.40. The van der Waals surface area contributed by atoms with Gasteiger partial charge < -0.3 is 21.5 Å². The number of methoxy groups -OCH3 is 1. The number of benzene rings is 2. The molecule has 1 amide bonds. The van der Waals surface area contributed by atoms with Crippen molar-refractivity contribution < 1.29 is 9.53 Å². The van der Waals surface area contributed by atoms with Crippen molar-refractivity contribution in [2.24, 2.45) is 5.73 Å². The molecule has 6 heteroatoms. The van der Waals surface area contributed by atoms with Crippen LogP contribution in [0.25, 0.3) is 0 Å². The number of carbonyl (C=O) groups excluding carboxylic acids is 1. The van der Waals surface area contributed by atoms with Crippen molar-refractivity contribution in [3.05, 3.63) is 52.5 Å². The fourth-order valence-electron chi connectivity index (χ4n) is 1.94. The van der Waals surface area contributed by atoms with Gasteiger partial charge in [0.15, 0.2) is 0 Å². The Morgan fingerprint density at radius 2 is 1.95 bits per heavy atom. The summed E-state index contributed by atoms with van der Waals surface area (Å²) in [4.78, 5) is 11.5. The second kappa shape index (κ2) is 6.37. The maximum atomic E-state index is 11.5. The summed E-state index contributed by atoms with van der Waals surface area (Å²) in [6, 6.07) is 10.6. The van der Waals surface area contributed by atoms with E-state index in [1.807, 2.05) is 24.3 Å². The van der Waals surface area contributed by atoms with E-state index in [1.165, 1.54) is 6.07 Å². The number of ether oxygens (including phenoxy) is 1. The van der Waals surface area contributed by atoms with Crippen molar-refractivity contribution in [1.82, 2.24) is 0 Å². The van der Waals surface area contributed by atoms with Gasteiger partial charge in [0.1, 0.15) is 5.75 Å². The zero-order chi connectivity index (χ0) is 15.4. The van der Waals surface area contributed by atoms with Crippen molar-refractivity contribution in [1.29, 1.82) is 0 Å². The topological polar surface area (TPSA) is 90.4 Å². The summed E-state index contributed by atoms with van der Waals surface area (Å²) >= 11 is 6.12. The molecular formula is C15H16ClN3O2. The molecule has 0 bridgehead atoms. The molecule has 0 saturated carbocycles. The largest absolute Gasteiger partial charge is 0.497 e. The quantitative estimate of drug-likeness (QED) is 0.741. The van der Waals surface area contributed by atoms with Crippen LogP contribution in [0.5, 0.6) is 5.75 Å². The molecule has 5 nitrogen and oxygen atoms in total. The van der Waals surface area contributed by atoms with Gasteiger partial charge >= 0.3 is 0 Å². The van der Waals surface area contributed by atoms with Gasteiger partial charge in [-0.2, -0.15) is 0 Å². The molecule has 0 radical (unpaired) electrons. The Labute approximate surface area is 127 Å². The van der Waals surface area contributed by atoms with Gasteiger partial charge in [-0.05, 0) is 29.8 Å². The first-order valence-corrected chi connectivity index (χ1v) is 6.64. The van der Waals surface area contributed by atoms with Crippen LogP contribution in [0.2, 0.25) is 5.02 Å². The van der Waals surface area contributed by atoms with Gasteiger partial charge in [-0.1, -0.05) is 23.7 Å². The molecule has 0 aromatic heterocycles. The molecule has 0 unspecified atom stereocenters. The van der Waals surface area contributed by atoms with E-state index in [9.17, 15) is 4.79 Å². The third-order valence-electron chi connectivity index (χ3n) is 3.01. The fourth-order valence-corrected chi connectivity index (χ4v) is 2.23. The summed E-state index contributed by atoms with van der Waals surface area (Å²) in [5, 5.41) is 3.47. The van der Waals surface area contributed by atoms with Crippen LogP contribution in [-0.4, -0.2) is 13.0 Å². The molecule has 0 aliphatic rings. The van der Waals surface area contributed by atoms with Crippen LogP contribution in [0, 0.1) is 0 Å². The predicted molar refractivity (Wildman–Crippen MR) is 84.7 cm³/mol. The fraction of sp³-hybridized carbons (Fsp3) is 0.133. The van der Waals surface area contributed by atoms with Gasteiger partial charge in [-0.15, -0.1) is 0 Å². The molecule has 0 aliphatic heterocycles. The summed E-state index contributed by atoms with van der Waals surface area (Å²) in [5.74, 6) is 0.198. The smallest absolute Gasteiger partial charge is 0.250 e. The van der Waals surface area contributed by atoms with Crippen LogP contribution < -0.4 is 21.5 Å². The average molecular weight is 306 g/mol. The van der Waals surface area contributed by atoms with E-state index < -0.39 is 5.91 Å². The van der Waals surface area contributed by atoms with E-state index in [1.54, 1.807) is 13.2 Å². The minimum Gasteiger partial charge on any atom is -0.497 e. The number of rotatable bonds is 5. The number of hydrogen-bond acceptors (Lipinski definition) is 4. The molecular weight excluding hydrogens is 290 g/mol. The summed E-state index contributed by atoms with van der Waals surface area (Å²) in [5.41, 5.74) is 13.2. The molecule has 0 saturated heterocycles. The third kappa shape index (κ3) is 3.58. The lowest BCUT2D eigenvalue weighted by Crippen LogP contribution is -2.15. The maximum absolute atomic E-state index is 11.5. The van der Waals surface area contributed by atoms with Crippen molar-refractivity contribution in [2.45, 2.75) is 6.54 Å². The monoisotopic (exact) mass is 305 g/mol. The summed E-state index contributed by atoms with van der Waals surface area (Å²) in [6.45, 7) is 0.494. The van der Waals surface area contributed by atoms with E-state index >= 15 is 0 Å². The number of carbonyl (C=O) groups is 1. The first-order valence-electron chi connectivity index (χ1n) is 6.27. The van der Waals surface area contributed by atoms with Gasteiger partial charge in [-0.25, -0.2) is 0 Å². The molecule has 21 heavy (non-hydrogen) atoms. The molecule has 2 aromatic carbocycles. The number of nitrogen functional groups attached to an aromatic ring is 1. The van der Waals surface area contributed by atoms with Crippen LogP contribution in [0.1, 0.15) is 15.9 Å². The minimum absolute atomic E-state index is 0.272. The number of halogens is 1. The molecule has 0 spiro atoms. The summed E-state index contributed by atoms with van der Waals surface area (Å²) in [7, 11) is 1.61. The molecule has 2 aromatic rings. The number of nitrogens with two attached hydrogens (primary N) is 2. The molecule has 0 aliphatic carbocycles. The van der Waals surface area contributed by atoms with Crippen molar-refractivity contribution in [2.75, 3.05) is 18.2 Å². The van der Waals surface area contributed by atoms with E-state index in [0.29, 0.717) is 22.9 Å². The van der Waals surface area contributed by atoms with E-state index in [2.05, 4.69) is 5.32 Å². The van der Waals surface area contributed by atoms with Gasteiger partial charge in [0.05, 0.1) is 23.4 Å². The molecule has 0 fully saturated rings. The predicted octanol–water partition coefficient (Wildman–Crippen LogP) is 2.64. The first kappa shape index (κ1) is 15.0. The zero-order valence-corrected chi connectivity index (χ0v) is 12.3. The SMILES string of the molecule is COc1ccc(CNc2c(Cl)cc(N)cc2C(N)=O)cc1. The molecule has 110 valence electrons. The van der Waals surface area contributed by atoms with E-state index in [-0.39, 0.29) is 5.56 Å². The highest BCUT2D eigenvalue weighted by atomic mass is 35.5. The normalized spacial score (nSPS) is 10.2. The molecule has 2 rings (SSSR count). The standard InChI is InChI=1S/C15H16ClN3O2/c1-21-11-4-2-9(3-5-11)8-19-14-12(15(18)20)6-10(17)7-13(14)16/h2-7,19H,8,17H2,1H3,(H2,18,20). The number of primary amides is 1. The van der Waals surface area contributed by atoms with Gasteiger partial charge in [0, 0.05) is 12.2 Å². The number of amides is 1. The number of anilines is 2. The molecule has 0 atom stereocenters. The minimum atomic E-state index is -0.582. The van der Waals surface area contributed by atoms with E-state index in [4.69, 9.17) is 27.8 Å². The summed E-state index contributed by atoms with van der Waals surface area (Å²) < 4.78 is 5.10. The Balaban J connectivity index is 2.20. The molecule has 5 N–H and O–H groups in total. The second-order valence-electron chi connectivity index (χ2n) is 4.49. The average Bonchev–Trinajstić information content (AvgIpc) is 2.46. The van der Waals surface area contributed by atoms with Crippen molar-refractivity contribution >= 4 is 28.9 Å². The first-order chi connectivity index (χ1) is 10.0. The van der Waals surface area contributed by atoms with Gasteiger partial charge in [-0.3, -0.25) is 4.79 Å². The highest BCUT2D eigenvalue weighted by molar-refractivity contribution is 6.34. The van der Waals surface area contributed by atoms with Crippen LogP contribution in [0.4, 0.5) is 11.4 Å². The Kier molecular flexibility index (Phi) is 4.55. The highest BCUT2D eigenvalue weighted by Crippen LogP contribution is 2.29. The van der Waals surface area contributed by atoms with E-state index in [0.717, 1.165) is 11.3 Å². The lowest BCUT2D eigenvalue weighted by molar-refractivity contribution is 0.100. The maximum Gasteiger partial charge on any atom is 0.250 e. The van der Waals surface area contributed by atoms with Gasteiger partial charge in [0.2, 0.25) is 0 Å². The lowest BCUT2D eigenvalue weighted by atomic mass is 10.1. The highest BCUT2D eigenvalue weighted by Gasteiger charge is 2.13. The third-order valence-corrected chi connectivity index (χ3v) is 3.30. The Bertz CT molecular complexity index is 657. The Morgan fingerprint density at radius 3 is 2.52 bits per heavy atom. The van der Waals surface area contributed by atoms with Crippen molar-refractivity contribution in [3.63, 3.8) is 0 Å². The zero-order valence-electron chi connectivity index (χ0n) is 11.5. The second-order valence-corrected chi connectivity index (χ2v) is 4.90. The number of hydrogen-bond donors (Lipinski definition) is 3.